The highest BCUT2D eigenvalue weighted by Gasteiger charge is 2.28. The molecule has 5 rings (SSSR count). The number of aryl methyl sites for hydroxylation is 2. The Balaban J connectivity index is 1.78. The summed E-state index contributed by atoms with van der Waals surface area (Å²) in [7, 11) is 1.85. The lowest BCUT2D eigenvalue weighted by Gasteiger charge is -2.38. The van der Waals surface area contributed by atoms with E-state index in [-0.39, 0.29) is 12.1 Å². The van der Waals surface area contributed by atoms with Gasteiger partial charge in [0.15, 0.2) is 11.6 Å². The van der Waals surface area contributed by atoms with Crippen LogP contribution in [0.3, 0.4) is 0 Å². The average Bonchev–Trinajstić information content (AvgIpc) is 3.42. The summed E-state index contributed by atoms with van der Waals surface area (Å²) in [4.78, 5) is 11.5. The van der Waals surface area contributed by atoms with Gasteiger partial charge in [-0.25, -0.2) is 19.2 Å². The Morgan fingerprint density at radius 1 is 1.28 bits per heavy atom. The monoisotopic (exact) mass is 393 g/mol. The van der Waals surface area contributed by atoms with Crippen LogP contribution in [0.25, 0.3) is 28.6 Å². The number of nitrogens with zero attached hydrogens (tertiary/aromatic N) is 8. The van der Waals surface area contributed by atoms with Crippen LogP contribution in [-0.2, 0) is 7.05 Å². The third kappa shape index (κ3) is 2.87. The van der Waals surface area contributed by atoms with E-state index in [4.69, 9.17) is 10.1 Å². The first-order chi connectivity index (χ1) is 14.0. The molecule has 10 nitrogen and oxygen atoms in total. The molecule has 4 aromatic rings. The summed E-state index contributed by atoms with van der Waals surface area (Å²) in [5, 5.41) is 26.2. The van der Waals surface area contributed by atoms with Crippen LogP contribution in [0, 0.1) is 6.92 Å². The molecule has 0 bridgehead atoms. The summed E-state index contributed by atoms with van der Waals surface area (Å²) in [6, 6.07) is 4.13. The zero-order valence-corrected chi connectivity index (χ0v) is 16.6. The van der Waals surface area contributed by atoms with Crippen LogP contribution in [0.5, 0.6) is 0 Å². The molecule has 1 aliphatic heterocycles. The average molecular weight is 393 g/mol. The maximum atomic E-state index is 10.1. The summed E-state index contributed by atoms with van der Waals surface area (Å²) < 4.78 is 3.57. The minimum atomic E-state index is -0.260. The molecule has 1 saturated heterocycles. The van der Waals surface area contributed by atoms with Crippen molar-refractivity contribution >= 4 is 11.2 Å². The van der Waals surface area contributed by atoms with E-state index in [2.05, 4.69) is 38.2 Å². The second kappa shape index (κ2) is 6.66. The zero-order chi connectivity index (χ0) is 20.1. The van der Waals surface area contributed by atoms with Crippen LogP contribution in [0.2, 0.25) is 0 Å². The van der Waals surface area contributed by atoms with Gasteiger partial charge in [-0.3, -0.25) is 5.10 Å². The summed E-state index contributed by atoms with van der Waals surface area (Å²) in [5.74, 6) is 1.38. The number of hydrogen-bond donors (Lipinski definition) is 2. The number of rotatable bonds is 3. The predicted octanol–water partition coefficient (Wildman–Crippen LogP) is 1.57. The molecule has 150 valence electrons. The smallest absolute Gasteiger partial charge is 0.179 e. The van der Waals surface area contributed by atoms with Gasteiger partial charge in [0.05, 0.1) is 17.5 Å². The number of imidazole rings is 1. The fourth-order valence-electron chi connectivity index (χ4n) is 4.16. The maximum Gasteiger partial charge on any atom is 0.179 e. The minimum Gasteiger partial charge on any atom is -0.393 e. The van der Waals surface area contributed by atoms with Gasteiger partial charge in [-0.1, -0.05) is 0 Å². The molecule has 2 N–H and O–H groups in total. The molecule has 0 amide bonds. The highest BCUT2D eigenvalue weighted by atomic mass is 16.3. The van der Waals surface area contributed by atoms with Crippen molar-refractivity contribution in [2.75, 3.05) is 11.4 Å². The first-order valence-corrected chi connectivity index (χ1v) is 9.72. The highest BCUT2D eigenvalue weighted by Crippen LogP contribution is 2.34. The summed E-state index contributed by atoms with van der Waals surface area (Å²) >= 11 is 0. The van der Waals surface area contributed by atoms with Gasteiger partial charge in [0.1, 0.15) is 23.2 Å². The van der Waals surface area contributed by atoms with Crippen molar-refractivity contribution in [3.05, 3.63) is 30.4 Å². The number of aliphatic hydroxyl groups is 1. The Morgan fingerprint density at radius 3 is 2.83 bits per heavy atom. The quantitative estimate of drug-likeness (QED) is 0.543. The molecule has 5 heterocycles. The van der Waals surface area contributed by atoms with Gasteiger partial charge < -0.3 is 10.0 Å². The third-order valence-corrected chi connectivity index (χ3v) is 5.59. The number of anilines is 1. The molecule has 1 fully saturated rings. The summed E-state index contributed by atoms with van der Waals surface area (Å²) in [5.41, 5.74) is 4.38. The van der Waals surface area contributed by atoms with Crippen molar-refractivity contribution in [1.82, 2.24) is 39.6 Å². The standard InChI is InChI=1S/C19H23N9O/c1-11-8-13(29)5-7-27(11)16-9-15(18-20-10-22-26(18)3)25-28-17(16)12(2)23-19(28)14-4-6-21-24-14/h4,6,9-11,13,29H,5,7-8H2,1-3H3,(H,21,24)/t11-,13-/m1/s1. The molecule has 0 spiro atoms. The van der Waals surface area contributed by atoms with Crippen molar-refractivity contribution in [1.29, 1.82) is 0 Å². The van der Waals surface area contributed by atoms with E-state index in [9.17, 15) is 5.11 Å². The van der Waals surface area contributed by atoms with Crippen molar-refractivity contribution in [2.45, 2.75) is 38.8 Å². The van der Waals surface area contributed by atoms with E-state index in [1.54, 1.807) is 10.9 Å². The van der Waals surface area contributed by atoms with Gasteiger partial charge in [0, 0.05) is 25.8 Å². The number of nitrogens with one attached hydrogen (secondary N) is 1. The van der Waals surface area contributed by atoms with Crippen LogP contribution < -0.4 is 4.90 Å². The van der Waals surface area contributed by atoms with Crippen molar-refractivity contribution in [2.24, 2.45) is 7.05 Å². The number of piperidine rings is 1. The minimum absolute atomic E-state index is 0.196. The van der Waals surface area contributed by atoms with Crippen molar-refractivity contribution in [3.63, 3.8) is 0 Å². The molecule has 0 aliphatic carbocycles. The number of H-pyrrole nitrogens is 1. The second-order valence-corrected chi connectivity index (χ2v) is 7.59. The van der Waals surface area contributed by atoms with Crippen LogP contribution in [0.4, 0.5) is 5.69 Å². The number of aromatic amines is 1. The molecule has 2 atom stereocenters. The van der Waals surface area contributed by atoms with Crippen LogP contribution in [-0.4, -0.2) is 63.4 Å². The normalized spacial score (nSPS) is 19.9. The Kier molecular flexibility index (Phi) is 4.09. The van der Waals surface area contributed by atoms with E-state index < -0.39 is 0 Å². The summed E-state index contributed by atoms with van der Waals surface area (Å²) in [6.07, 6.45) is 4.43. The van der Waals surface area contributed by atoms with Crippen molar-refractivity contribution in [3.8, 4) is 23.0 Å². The number of aromatic nitrogens is 8. The molecule has 0 saturated carbocycles. The zero-order valence-electron chi connectivity index (χ0n) is 16.6. The largest absolute Gasteiger partial charge is 0.393 e. The molecular weight excluding hydrogens is 370 g/mol. The number of aliphatic hydroxyl groups excluding tert-OH is 1. The lowest BCUT2D eigenvalue weighted by Crippen LogP contribution is -2.43. The van der Waals surface area contributed by atoms with E-state index in [0.717, 1.165) is 42.0 Å². The highest BCUT2D eigenvalue weighted by molar-refractivity contribution is 5.81. The van der Waals surface area contributed by atoms with Gasteiger partial charge >= 0.3 is 0 Å². The maximum absolute atomic E-state index is 10.1. The molecule has 0 unspecified atom stereocenters. The third-order valence-electron chi connectivity index (χ3n) is 5.59. The van der Waals surface area contributed by atoms with E-state index in [1.165, 1.54) is 6.33 Å². The Hall–Kier alpha value is -3.27. The Morgan fingerprint density at radius 2 is 2.14 bits per heavy atom. The molecule has 0 radical (unpaired) electrons. The van der Waals surface area contributed by atoms with E-state index in [1.807, 2.05) is 24.6 Å². The summed E-state index contributed by atoms with van der Waals surface area (Å²) in [6.45, 7) is 4.90. The second-order valence-electron chi connectivity index (χ2n) is 7.59. The topological polar surface area (TPSA) is 113 Å². The lowest BCUT2D eigenvalue weighted by molar-refractivity contribution is 0.131. The number of fused-ring (bicyclic) bond motifs is 1. The first kappa shape index (κ1) is 17.8. The molecule has 1 aliphatic rings. The predicted molar refractivity (Wildman–Crippen MR) is 107 cm³/mol. The molecule has 29 heavy (non-hydrogen) atoms. The van der Waals surface area contributed by atoms with Gasteiger partial charge in [-0.2, -0.15) is 15.3 Å². The number of hydrogen-bond acceptors (Lipinski definition) is 7. The van der Waals surface area contributed by atoms with Crippen molar-refractivity contribution < 1.29 is 5.11 Å². The van der Waals surface area contributed by atoms with Crippen LogP contribution in [0.1, 0.15) is 25.5 Å². The lowest BCUT2D eigenvalue weighted by atomic mass is 10.00. The molecule has 10 heteroatoms. The Labute approximate surface area is 167 Å². The molecular formula is C19H23N9O. The van der Waals surface area contributed by atoms with Gasteiger partial charge in [-0.15, -0.1) is 0 Å². The first-order valence-electron chi connectivity index (χ1n) is 9.72. The molecule has 0 aromatic carbocycles. The Bertz CT molecular complexity index is 1160. The van der Waals surface area contributed by atoms with Crippen LogP contribution in [0.15, 0.2) is 24.7 Å². The van der Waals surface area contributed by atoms with Gasteiger partial charge in [-0.05, 0) is 38.8 Å². The van der Waals surface area contributed by atoms with Gasteiger partial charge in [0.2, 0.25) is 0 Å². The SMILES string of the molecule is Cc1nc(-c2ccn[nH]2)n2nc(-c3ncnn3C)cc(N3CC[C@@H](O)C[C@H]3C)c12. The van der Waals surface area contributed by atoms with E-state index in [0.29, 0.717) is 17.3 Å². The van der Waals surface area contributed by atoms with E-state index >= 15 is 0 Å². The fourth-order valence-corrected chi connectivity index (χ4v) is 4.16. The van der Waals surface area contributed by atoms with Crippen LogP contribution >= 0.6 is 0 Å². The van der Waals surface area contributed by atoms with Gasteiger partial charge in [0.25, 0.3) is 0 Å². The molecule has 4 aromatic heterocycles. The fraction of sp³-hybridized carbons (Fsp3) is 0.421.